The van der Waals surface area contributed by atoms with Crippen LogP contribution in [0.4, 0.5) is 4.39 Å². The second kappa shape index (κ2) is 14.6. The van der Waals surface area contributed by atoms with Crippen molar-refractivity contribution in [1.82, 2.24) is 9.47 Å². The lowest BCUT2D eigenvalue weighted by Crippen LogP contribution is -2.43. The Balaban J connectivity index is 0.00000237. The molecule has 0 saturated carbocycles. The van der Waals surface area contributed by atoms with Crippen LogP contribution in [0.2, 0.25) is 5.02 Å². The molecule has 0 radical (unpaired) electrons. The van der Waals surface area contributed by atoms with Gasteiger partial charge in [0.2, 0.25) is 0 Å². The number of pyridine rings is 1. The maximum Gasteiger partial charge on any atom is 0.256 e. The molecule has 0 atom stereocenters. The number of hydrogen-bond donors (Lipinski definition) is 0. The highest BCUT2D eigenvalue weighted by Crippen LogP contribution is 2.34. The van der Waals surface area contributed by atoms with E-state index in [1.165, 1.54) is 41.0 Å². The number of benzene rings is 1. The van der Waals surface area contributed by atoms with E-state index in [2.05, 4.69) is 49.8 Å². The van der Waals surface area contributed by atoms with Crippen LogP contribution in [0.3, 0.4) is 0 Å². The van der Waals surface area contributed by atoms with Crippen molar-refractivity contribution in [2.75, 3.05) is 13.1 Å². The third-order valence-corrected chi connectivity index (χ3v) is 7.63. The summed E-state index contributed by atoms with van der Waals surface area (Å²) in [6, 6.07) is 7.22. The van der Waals surface area contributed by atoms with Crippen molar-refractivity contribution in [3.8, 4) is 0 Å². The van der Waals surface area contributed by atoms with Gasteiger partial charge in [0.25, 0.3) is 5.56 Å². The molecule has 42 heavy (non-hydrogen) atoms. The summed E-state index contributed by atoms with van der Waals surface area (Å²) >= 11 is 25.6. The molecule has 1 aliphatic heterocycles. The lowest BCUT2D eigenvalue weighted by atomic mass is 9.95. The molecule has 0 unspecified atom stereocenters. The third kappa shape index (κ3) is 7.98. The highest BCUT2D eigenvalue weighted by atomic mass is 35.5. The summed E-state index contributed by atoms with van der Waals surface area (Å²) in [5.74, 6) is -0.465. The minimum Gasteiger partial charge on any atom is -0.294 e. The van der Waals surface area contributed by atoms with Gasteiger partial charge in [-0.1, -0.05) is 78.6 Å². The Labute approximate surface area is 267 Å². The van der Waals surface area contributed by atoms with E-state index in [1.807, 2.05) is 19.9 Å². The molecule has 3 nitrogen and oxygen atoms in total. The normalized spacial score (nSPS) is 15.4. The molecule has 1 aromatic heterocycles. The monoisotopic (exact) mass is 644 g/mol. The quantitative estimate of drug-likeness (QED) is 0.302. The van der Waals surface area contributed by atoms with Crippen LogP contribution in [0.5, 0.6) is 0 Å². The smallest absolute Gasteiger partial charge is 0.256 e. The minimum absolute atomic E-state index is 0.0699. The number of allylic oxidation sites excluding steroid dienone is 6. The Morgan fingerprint density at radius 3 is 2.36 bits per heavy atom. The van der Waals surface area contributed by atoms with Gasteiger partial charge in [0.05, 0.1) is 20.8 Å². The molecule has 8 heteroatoms. The van der Waals surface area contributed by atoms with Crippen molar-refractivity contribution in [1.29, 1.82) is 0 Å². The van der Waals surface area contributed by atoms with Crippen molar-refractivity contribution in [2.45, 2.75) is 46.6 Å². The number of halogens is 5. The number of rotatable bonds is 5. The number of nitrogens with zero attached hydrogens (tertiary/aromatic N) is 2. The van der Waals surface area contributed by atoms with E-state index in [0.29, 0.717) is 22.4 Å². The van der Waals surface area contributed by atoms with Gasteiger partial charge in [-0.3, -0.25) is 14.3 Å². The zero-order valence-corrected chi connectivity index (χ0v) is 27.3. The van der Waals surface area contributed by atoms with Crippen LogP contribution < -0.4 is 5.56 Å². The average Bonchev–Trinajstić information content (AvgIpc) is 3.06. The molecular formula is C34H33Cl4FN2O. The van der Waals surface area contributed by atoms with Gasteiger partial charge in [0.15, 0.2) is 0 Å². The van der Waals surface area contributed by atoms with Crippen LogP contribution >= 0.6 is 46.4 Å². The van der Waals surface area contributed by atoms with Gasteiger partial charge >= 0.3 is 0 Å². The fraction of sp³-hybridized carbons (Fsp3) is 0.265. The highest BCUT2D eigenvalue weighted by Gasteiger charge is 2.23. The molecule has 1 aliphatic carbocycles. The van der Waals surface area contributed by atoms with E-state index < -0.39 is 5.82 Å². The van der Waals surface area contributed by atoms with Gasteiger partial charge in [-0.25, -0.2) is 4.39 Å². The molecule has 220 valence electrons. The van der Waals surface area contributed by atoms with Gasteiger partial charge in [-0.05, 0) is 81.3 Å². The molecule has 0 N–H and O–H groups in total. The molecule has 0 spiro atoms. The summed E-state index contributed by atoms with van der Waals surface area (Å²) in [5, 5.41) is 0.820. The summed E-state index contributed by atoms with van der Waals surface area (Å²) in [4.78, 5) is 15.6. The van der Waals surface area contributed by atoms with Crippen LogP contribution in [-0.4, -0.2) is 28.1 Å². The van der Waals surface area contributed by atoms with Gasteiger partial charge in [-0.2, -0.15) is 0 Å². The Bertz CT molecular complexity index is 1670. The van der Waals surface area contributed by atoms with E-state index >= 15 is 0 Å². The van der Waals surface area contributed by atoms with E-state index in [4.69, 9.17) is 46.4 Å². The number of hydrogen-bond acceptors (Lipinski definition) is 2. The van der Waals surface area contributed by atoms with Crippen LogP contribution in [0.15, 0.2) is 98.1 Å². The molecule has 2 aliphatic rings. The predicted molar refractivity (Wildman–Crippen MR) is 179 cm³/mol. The van der Waals surface area contributed by atoms with Crippen molar-refractivity contribution in [3.63, 3.8) is 0 Å². The Morgan fingerprint density at radius 1 is 1.07 bits per heavy atom. The van der Waals surface area contributed by atoms with Crippen LogP contribution in [0.1, 0.15) is 57.9 Å². The topological polar surface area (TPSA) is 25.2 Å². The molecule has 0 bridgehead atoms. The second-order valence-corrected chi connectivity index (χ2v) is 11.9. The van der Waals surface area contributed by atoms with Crippen LogP contribution in [0.25, 0.3) is 17.3 Å². The Morgan fingerprint density at radius 2 is 1.76 bits per heavy atom. The molecule has 0 fully saturated rings. The minimum atomic E-state index is -0.465. The van der Waals surface area contributed by atoms with Gasteiger partial charge in [-0.15, -0.1) is 5.73 Å². The molecule has 4 rings (SSSR count). The molecular weight excluding hydrogens is 613 g/mol. The number of aromatic nitrogens is 1. The van der Waals surface area contributed by atoms with E-state index in [-0.39, 0.29) is 36.9 Å². The van der Waals surface area contributed by atoms with Crippen molar-refractivity contribution in [3.05, 3.63) is 131 Å². The standard InChI is InChI=1S/C32H27Cl4FN2O.C2H6/c1-5-29-26(10-11-31(40)39(29)30-18-22(34)16-21(33)17-28(30)36)24(25-9-7-23(37)19-27(25)35)8-6-20-12-14-38(15-13-20)32(2,3)4;1-2/h5-7,9-12,16-17,19H,1,13-15H2,2-4H3;1-2H3. The maximum absolute atomic E-state index is 14.0. The summed E-state index contributed by atoms with van der Waals surface area (Å²) in [5.41, 5.74) is 9.39. The van der Waals surface area contributed by atoms with Gasteiger partial charge < -0.3 is 0 Å². The SMILES string of the molecule is C=Cc1c(C(=C=CC2=CCN(C(C)(C)C)CC2)c2ccc(F)cc2Cl)ccc(=O)n1C1=C=C(Cl)C=C(Cl)C=C1Cl.CC. The Hall–Kier alpha value is -2.78. The largest absolute Gasteiger partial charge is 0.294 e. The van der Waals surface area contributed by atoms with Crippen LogP contribution in [-0.2, 0) is 0 Å². The van der Waals surface area contributed by atoms with Gasteiger partial charge in [0, 0.05) is 46.4 Å². The molecule has 2 aromatic rings. The fourth-order valence-corrected chi connectivity index (χ4v) is 5.55. The van der Waals surface area contributed by atoms with Gasteiger partial charge in [0.1, 0.15) is 11.5 Å². The molecule has 0 amide bonds. The molecule has 2 heterocycles. The summed E-state index contributed by atoms with van der Waals surface area (Å²) in [6.45, 7) is 16.3. The fourth-order valence-electron chi connectivity index (χ4n) is 4.50. The first-order valence-corrected chi connectivity index (χ1v) is 15.1. The average molecular weight is 646 g/mol. The van der Waals surface area contributed by atoms with Crippen molar-refractivity contribution >= 4 is 63.7 Å². The second-order valence-electron chi connectivity index (χ2n) is 10.3. The first-order chi connectivity index (χ1) is 19.9. The van der Waals surface area contributed by atoms with E-state index in [0.717, 1.165) is 25.1 Å². The first kappa shape index (κ1) is 33.7. The highest BCUT2D eigenvalue weighted by molar-refractivity contribution is 6.40. The predicted octanol–water partition coefficient (Wildman–Crippen LogP) is 10.1. The zero-order valence-electron chi connectivity index (χ0n) is 24.3. The summed E-state index contributed by atoms with van der Waals surface area (Å²) < 4.78 is 15.4. The zero-order chi connectivity index (χ0) is 31.2. The molecule has 0 saturated heterocycles. The van der Waals surface area contributed by atoms with Crippen LogP contribution in [0, 0.1) is 5.82 Å². The lowest BCUT2D eigenvalue weighted by molar-refractivity contribution is 0.150. The molecule has 1 aromatic carbocycles. The maximum atomic E-state index is 14.0. The lowest BCUT2D eigenvalue weighted by Gasteiger charge is -2.37. The van der Waals surface area contributed by atoms with E-state index in [9.17, 15) is 9.18 Å². The Kier molecular flexibility index (Phi) is 11.7. The van der Waals surface area contributed by atoms with Crippen molar-refractivity contribution < 1.29 is 4.39 Å². The van der Waals surface area contributed by atoms with Crippen molar-refractivity contribution in [2.24, 2.45) is 0 Å². The first-order valence-electron chi connectivity index (χ1n) is 13.6. The summed E-state index contributed by atoms with van der Waals surface area (Å²) in [7, 11) is 0. The third-order valence-electron chi connectivity index (χ3n) is 6.60. The summed E-state index contributed by atoms with van der Waals surface area (Å²) in [6.07, 6.45) is 9.42. The van der Waals surface area contributed by atoms with E-state index in [1.54, 1.807) is 12.1 Å².